The standard InChI is InChI=1S/C10H6ClF2NO3S/c11-18(15,16)5-7-4-10(17-14-7)8-3-6(12)1-2-9(8)13/h1-4H,5H2. The van der Waals surface area contributed by atoms with Gasteiger partial charge < -0.3 is 4.52 Å². The van der Waals surface area contributed by atoms with Gasteiger partial charge in [0.2, 0.25) is 9.05 Å². The highest BCUT2D eigenvalue weighted by molar-refractivity contribution is 8.13. The maximum absolute atomic E-state index is 13.4. The van der Waals surface area contributed by atoms with Crippen LogP contribution >= 0.6 is 10.7 Å². The molecule has 0 saturated carbocycles. The molecule has 1 aromatic carbocycles. The molecular weight excluding hydrogens is 288 g/mol. The summed E-state index contributed by atoms with van der Waals surface area (Å²) in [5.74, 6) is -1.96. The first-order chi connectivity index (χ1) is 8.35. The van der Waals surface area contributed by atoms with Crippen LogP contribution in [-0.2, 0) is 14.8 Å². The molecule has 0 fully saturated rings. The third-order valence-corrected chi connectivity index (χ3v) is 3.04. The van der Waals surface area contributed by atoms with Crippen LogP contribution in [0.5, 0.6) is 0 Å². The van der Waals surface area contributed by atoms with Gasteiger partial charge in [0.1, 0.15) is 23.1 Å². The Labute approximate surface area is 106 Å². The fraction of sp³-hybridized carbons (Fsp3) is 0.100. The van der Waals surface area contributed by atoms with Crippen molar-refractivity contribution in [3.63, 3.8) is 0 Å². The molecular formula is C10H6ClF2NO3S. The van der Waals surface area contributed by atoms with Gasteiger partial charge in [0.05, 0.1) is 5.56 Å². The van der Waals surface area contributed by atoms with E-state index in [0.717, 1.165) is 18.2 Å². The minimum absolute atomic E-state index is 0.0173. The van der Waals surface area contributed by atoms with Gasteiger partial charge in [-0.3, -0.25) is 0 Å². The lowest BCUT2D eigenvalue weighted by atomic mass is 10.1. The summed E-state index contributed by atoms with van der Waals surface area (Å²) in [6.45, 7) is 0. The monoisotopic (exact) mass is 293 g/mol. The smallest absolute Gasteiger partial charge is 0.238 e. The molecule has 0 spiro atoms. The summed E-state index contributed by atoms with van der Waals surface area (Å²) in [7, 11) is 1.25. The van der Waals surface area contributed by atoms with E-state index < -0.39 is 26.4 Å². The van der Waals surface area contributed by atoms with Crippen LogP contribution < -0.4 is 0 Å². The van der Waals surface area contributed by atoms with E-state index in [4.69, 9.17) is 15.2 Å². The maximum Gasteiger partial charge on any atom is 0.238 e. The highest BCUT2D eigenvalue weighted by atomic mass is 35.7. The van der Waals surface area contributed by atoms with Gasteiger partial charge >= 0.3 is 0 Å². The van der Waals surface area contributed by atoms with Gasteiger partial charge in [-0.2, -0.15) is 0 Å². The highest BCUT2D eigenvalue weighted by Gasteiger charge is 2.16. The lowest BCUT2D eigenvalue weighted by molar-refractivity contribution is 0.423. The van der Waals surface area contributed by atoms with Crippen molar-refractivity contribution in [2.75, 3.05) is 0 Å². The first-order valence-electron chi connectivity index (χ1n) is 4.68. The molecule has 96 valence electrons. The molecule has 2 aromatic rings. The van der Waals surface area contributed by atoms with Crippen molar-refractivity contribution in [2.24, 2.45) is 0 Å². The van der Waals surface area contributed by atoms with Gasteiger partial charge in [-0.15, -0.1) is 0 Å². The normalized spacial score (nSPS) is 11.7. The van der Waals surface area contributed by atoms with Gasteiger partial charge in [0.25, 0.3) is 0 Å². The second-order valence-electron chi connectivity index (χ2n) is 3.49. The predicted molar refractivity (Wildman–Crippen MR) is 60.3 cm³/mol. The molecule has 0 bridgehead atoms. The summed E-state index contributed by atoms with van der Waals surface area (Å²) in [6.07, 6.45) is 0. The molecule has 1 heterocycles. The number of aromatic nitrogens is 1. The average Bonchev–Trinajstić information content (AvgIpc) is 2.67. The van der Waals surface area contributed by atoms with Gasteiger partial charge in [-0.05, 0) is 18.2 Å². The maximum atomic E-state index is 13.4. The summed E-state index contributed by atoms with van der Waals surface area (Å²) in [4.78, 5) is 0. The zero-order valence-corrected chi connectivity index (χ0v) is 10.3. The number of hydrogen-bond donors (Lipinski definition) is 0. The van der Waals surface area contributed by atoms with Crippen LogP contribution in [-0.4, -0.2) is 13.6 Å². The lowest BCUT2D eigenvalue weighted by Gasteiger charge is -1.97. The molecule has 0 aliphatic rings. The van der Waals surface area contributed by atoms with Crippen molar-refractivity contribution in [2.45, 2.75) is 5.75 Å². The SMILES string of the molecule is O=S(=O)(Cl)Cc1cc(-c2cc(F)ccc2F)on1. The van der Waals surface area contributed by atoms with Gasteiger partial charge in [-0.25, -0.2) is 17.2 Å². The lowest BCUT2D eigenvalue weighted by Crippen LogP contribution is -1.94. The molecule has 0 saturated heterocycles. The number of rotatable bonds is 3. The Balaban J connectivity index is 2.38. The Hall–Kier alpha value is -1.47. The van der Waals surface area contributed by atoms with E-state index in [1.807, 2.05) is 0 Å². The zero-order valence-electron chi connectivity index (χ0n) is 8.73. The zero-order chi connectivity index (χ0) is 13.3. The third kappa shape index (κ3) is 3.05. The van der Waals surface area contributed by atoms with Gasteiger partial charge in [0, 0.05) is 16.7 Å². The number of halogens is 3. The predicted octanol–water partition coefficient (Wildman–Crippen LogP) is 2.69. The Morgan fingerprint density at radius 3 is 2.67 bits per heavy atom. The summed E-state index contributed by atoms with van der Waals surface area (Å²) in [6, 6.07) is 4.01. The fourth-order valence-corrected chi connectivity index (χ4v) is 2.19. The molecule has 0 aliphatic carbocycles. The molecule has 0 aliphatic heterocycles. The molecule has 2 rings (SSSR count). The minimum Gasteiger partial charge on any atom is -0.356 e. The number of benzene rings is 1. The molecule has 0 atom stereocenters. The molecule has 0 amide bonds. The molecule has 1 aromatic heterocycles. The van der Waals surface area contributed by atoms with Crippen molar-refractivity contribution in [3.05, 3.63) is 41.6 Å². The fourth-order valence-electron chi connectivity index (χ4n) is 1.37. The van der Waals surface area contributed by atoms with Crippen LogP contribution in [0.25, 0.3) is 11.3 Å². The average molecular weight is 294 g/mol. The second kappa shape index (κ2) is 4.66. The highest BCUT2D eigenvalue weighted by Crippen LogP contribution is 2.25. The summed E-state index contributed by atoms with van der Waals surface area (Å²) in [5, 5.41) is 3.42. The van der Waals surface area contributed by atoms with E-state index >= 15 is 0 Å². The van der Waals surface area contributed by atoms with Crippen molar-refractivity contribution >= 4 is 19.7 Å². The van der Waals surface area contributed by atoms with Crippen LogP contribution in [0.2, 0.25) is 0 Å². The second-order valence-corrected chi connectivity index (χ2v) is 6.27. The van der Waals surface area contributed by atoms with E-state index in [0.29, 0.717) is 0 Å². The third-order valence-electron chi connectivity index (χ3n) is 2.07. The van der Waals surface area contributed by atoms with Crippen LogP contribution in [0.15, 0.2) is 28.8 Å². The van der Waals surface area contributed by atoms with E-state index in [-0.39, 0.29) is 17.0 Å². The Morgan fingerprint density at radius 1 is 1.28 bits per heavy atom. The van der Waals surface area contributed by atoms with Crippen LogP contribution in [0.3, 0.4) is 0 Å². The van der Waals surface area contributed by atoms with E-state index in [2.05, 4.69) is 5.16 Å². The summed E-state index contributed by atoms with van der Waals surface area (Å²) < 4.78 is 52.8. The Morgan fingerprint density at radius 2 is 2.00 bits per heavy atom. The quantitative estimate of drug-likeness (QED) is 0.816. The molecule has 0 radical (unpaired) electrons. The van der Waals surface area contributed by atoms with Crippen molar-refractivity contribution in [1.82, 2.24) is 5.16 Å². The van der Waals surface area contributed by atoms with Crippen molar-refractivity contribution in [3.8, 4) is 11.3 Å². The largest absolute Gasteiger partial charge is 0.356 e. The summed E-state index contributed by atoms with van der Waals surface area (Å²) >= 11 is 0. The Kier molecular flexibility index (Phi) is 3.36. The molecule has 8 heteroatoms. The molecule has 0 N–H and O–H groups in total. The van der Waals surface area contributed by atoms with E-state index in [1.165, 1.54) is 6.07 Å². The number of hydrogen-bond acceptors (Lipinski definition) is 4. The van der Waals surface area contributed by atoms with Crippen molar-refractivity contribution < 1.29 is 21.7 Å². The summed E-state index contributed by atoms with van der Waals surface area (Å²) in [5.41, 5.74) is -0.121. The molecule has 18 heavy (non-hydrogen) atoms. The minimum atomic E-state index is -3.78. The van der Waals surface area contributed by atoms with Crippen molar-refractivity contribution in [1.29, 1.82) is 0 Å². The first-order valence-corrected chi connectivity index (χ1v) is 7.16. The van der Waals surface area contributed by atoms with Crippen LogP contribution in [0, 0.1) is 11.6 Å². The van der Waals surface area contributed by atoms with Gasteiger partial charge in [0.15, 0.2) is 5.76 Å². The van der Waals surface area contributed by atoms with Gasteiger partial charge in [-0.1, -0.05) is 5.16 Å². The van der Waals surface area contributed by atoms with E-state index in [1.54, 1.807) is 0 Å². The van der Waals surface area contributed by atoms with E-state index in [9.17, 15) is 17.2 Å². The Bertz CT molecular complexity index is 684. The van der Waals surface area contributed by atoms with Crippen LogP contribution in [0.1, 0.15) is 5.69 Å². The van der Waals surface area contributed by atoms with Crippen LogP contribution in [0.4, 0.5) is 8.78 Å². The first kappa shape index (κ1) is 13.0. The topological polar surface area (TPSA) is 60.2 Å². The molecule has 0 unspecified atom stereocenters. The number of nitrogens with zero attached hydrogens (tertiary/aromatic N) is 1. The molecule has 4 nitrogen and oxygen atoms in total.